The summed E-state index contributed by atoms with van der Waals surface area (Å²) in [5.41, 5.74) is 0. The number of hydrogen-bond donors (Lipinski definition) is 1. The topological polar surface area (TPSA) is 66.4 Å². The van der Waals surface area contributed by atoms with Gasteiger partial charge < -0.3 is 4.55 Å². The Morgan fingerprint density at radius 1 is 1.27 bits per heavy atom. The molecule has 0 atom stereocenters. The minimum Gasteiger partial charge on any atom is -0.725 e. The first-order valence-electron chi connectivity index (χ1n) is 2.37. The summed E-state index contributed by atoms with van der Waals surface area (Å²) in [4.78, 5) is 0. The zero-order valence-corrected chi connectivity index (χ0v) is 9.51. The van der Waals surface area contributed by atoms with Crippen molar-refractivity contribution in [3.05, 3.63) is 23.0 Å². The molecule has 4 nitrogen and oxygen atoms in total. The van der Waals surface area contributed by atoms with E-state index in [2.05, 4.69) is 3.63 Å². The van der Waals surface area contributed by atoms with E-state index < -0.39 is 21.6 Å². The predicted molar refractivity (Wildman–Crippen MR) is 38.0 cm³/mol. The van der Waals surface area contributed by atoms with Crippen molar-refractivity contribution >= 4 is 21.6 Å². The first kappa shape index (κ1) is 11.7. The van der Waals surface area contributed by atoms with Gasteiger partial charge in [0.05, 0.1) is 0 Å². The second-order valence-electron chi connectivity index (χ2n) is 1.53. The summed E-state index contributed by atoms with van der Waals surface area (Å²) in [6.07, 6.45) is 3.27. The predicted octanol–water partition coefficient (Wildman–Crippen LogP) is -2.58. The molecular weight excluding hydrogens is 199 g/mol. The summed E-state index contributed by atoms with van der Waals surface area (Å²) in [6, 6.07) is 0. The minimum absolute atomic E-state index is 0. The molecule has 0 amide bonds. The van der Waals surface area contributed by atoms with Gasteiger partial charge in [0.2, 0.25) is 10.4 Å². The van der Waals surface area contributed by atoms with Crippen LogP contribution in [0, 0.1) is 0 Å². The fourth-order valence-corrected chi connectivity index (χ4v) is 2.35. The summed E-state index contributed by atoms with van der Waals surface area (Å²) < 4.78 is 34.0. The van der Waals surface area contributed by atoms with Crippen LogP contribution in [0.15, 0.2) is 23.0 Å². The van der Waals surface area contributed by atoms with Gasteiger partial charge in [-0.15, -0.1) is 0 Å². The molecule has 0 bridgehead atoms. The fraction of sp³-hybridized carbons (Fsp3) is 0. The van der Waals surface area contributed by atoms with Crippen molar-refractivity contribution in [2.75, 3.05) is 0 Å². The summed E-state index contributed by atoms with van der Waals surface area (Å²) in [5.74, 6) is 0. The molecule has 11 heavy (non-hydrogen) atoms. The van der Waals surface area contributed by atoms with Crippen LogP contribution in [0.1, 0.15) is 0 Å². The fourth-order valence-electron chi connectivity index (χ4n) is 0.474. The second kappa shape index (κ2) is 4.66. The van der Waals surface area contributed by atoms with Gasteiger partial charge >= 0.3 is 29.6 Å². The maximum atomic E-state index is 9.96. The molecule has 0 unspecified atom stereocenters. The van der Waals surface area contributed by atoms with Crippen molar-refractivity contribution in [2.24, 2.45) is 0 Å². The zero-order chi connectivity index (χ0) is 7.61. The van der Waals surface area contributed by atoms with Crippen LogP contribution in [0.2, 0.25) is 0 Å². The van der Waals surface area contributed by atoms with Crippen molar-refractivity contribution in [2.45, 2.75) is 0 Å². The largest absolute Gasteiger partial charge is 1.00 e. The first-order chi connectivity index (χ1) is 4.58. The molecule has 7 heteroatoms. The Kier molecular flexibility index (Phi) is 4.96. The third-order valence-corrected chi connectivity index (χ3v) is 3.11. The molecule has 58 valence electrons. The molecule has 0 aromatic carbocycles. The molecule has 1 aliphatic heterocycles. The molecule has 0 saturated carbocycles. The first-order valence-corrected chi connectivity index (χ1v) is 5.10. The van der Waals surface area contributed by atoms with Crippen LogP contribution in [0.4, 0.5) is 0 Å². The van der Waals surface area contributed by atoms with Crippen molar-refractivity contribution < 1.29 is 46.2 Å². The van der Waals surface area contributed by atoms with E-state index in [1.54, 1.807) is 12.2 Å². The van der Waals surface area contributed by atoms with Gasteiger partial charge in [-0.25, -0.2) is 12.0 Å². The van der Waals surface area contributed by atoms with E-state index in [1.165, 1.54) is 10.8 Å². The molecule has 1 aliphatic rings. The molecule has 0 saturated heterocycles. The Hall–Kier alpha value is 0.700. The molecule has 0 spiro atoms. The van der Waals surface area contributed by atoms with E-state index in [9.17, 15) is 13.0 Å². The Bertz CT molecular complexity index is 256. The van der Waals surface area contributed by atoms with Gasteiger partial charge in [0.1, 0.15) is 0 Å². The van der Waals surface area contributed by atoms with E-state index in [0.717, 1.165) is 0 Å². The maximum absolute atomic E-state index is 9.96. The van der Waals surface area contributed by atoms with Gasteiger partial charge in [0, 0.05) is 0 Å². The summed E-state index contributed by atoms with van der Waals surface area (Å²) >= 11 is -1.29. The van der Waals surface area contributed by atoms with E-state index in [-0.39, 0.29) is 29.6 Å². The smallest absolute Gasteiger partial charge is 0.725 e. The third kappa shape index (κ3) is 5.02. The Balaban J connectivity index is 0.000001000. The quantitative estimate of drug-likeness (QED) is 0.232. The SMILES string of the molecule is O=S(=O)([O-])O[SH]1C=CC=C1.[Na+]. The van der Waals surface area contributed by atoms with Gasteiger partial charge in [-0.3, -0.25) is 0 Å². The number of hydrogen-bond acceptors (Lipinski definition) is 4. The van der Waals surface area contributed by atoms with E-state index in [0.29, 0.717) is 0 Å². The number of rotatable bonds is 2. The number of allylic oxidation sites excluding steroid dienone is 2. The Labute approximate surface area is 90.1 Å². The van der Waals surface area contributed by atoms with Gasteiger partial charge in [-0.2, -0.15) is 0 Å². The summed E-state index contributed by atoms with van der Waals surface area (Å²) in [7, 11) is -4.53. The monoisotopic (exact) mass is 204 g/mol. The van der Waals surface area contributed by atoms with Gasteiger partial charge in [0.15, 0.2) is 0 Å². The van der Waals surface area contributed by atoms with Crippen LogP contribution < -0.4 is 29.6 Å². The van der Waals surface area contributed by atoms with Crippen LogP contribution in [0.5, 0.6) is 0 Å². The minimum atomic E-state index is -4.53. The molecule has 0 aliphatic carbocycles. The van der Waals surface area contributed by atoms with Crippen molar-refractivity contribution in [3.8, 4) is 0 Å². The summed E-state index contributed by atoms with van der Waals surface area (Å²) in [5, 5.41) is 3.07. The number of thiol groups is 1. The van der Waals surface area contributed by atoms with Crippen LogP contribution in [0.25, 0.3) is 0 Å². The van der Waals surface area contributed by atoms with Crippen molar-refractivity contribution in [1.29, 1.82) is 0 Å². The average molecular weight is 204 g/mol. The zero-order valence-electron chi connectivity index (χ0n) is 5.80. The molecule has 0 aromatic heterocycles. The van der Waals surface area contributed by atoms with Crippen LogP contribution in [-0.2, 0) is 14.0 Å². The average Bonchev–Trinajstić information content (AvgIpc) is 2.12. The Morgan fingerprint density at radius 2 is 1.73 bits per heavy atom. The third-order valence-electron chi connectivity index (χ3n) is 0.754. The molecule has 0 aromatic rings. The molecule has 1 heterocycles. The maximum Gasteiger partial charge on any atom is 1.00 e. The van der Waals surface area contributed by atoms with Gasteiger partial charge in [-0.05, 0) is 10.8 Å². The molecule has 0 radical (unpaired) electrons. The van der Waals surface area contributed by atoms with Crippen molar-refractivity contribution in [3.63, 3.8) is 0 Å². The van der Waals surface area contributed by atoms with E-state index in [1.807, 2.05) is 0 Å². The van der Waals surface area contributed by atoms with Crippen LogP contribution >= 0.6 is 11.2 Å². The summed E-state index contributed by atoms with van der Waals surface area (Å²) in [6.45, 7) is 0. The standard InChI is InChI=1S/C4H6O4S2.Na/c5-10(6,7)8-9-3-1-2-4-9;/h1-4,9H,(H,5,6,7);/q;+1/p-1. The molecule has 0 fully saturated rings. The normalized spacial score (nSPS) is 18.5. The molecule has 1 rings (SSSR count). The molecular formula is C4H5NaO4S2. The van der Waals surface area contributed by atoms with Crippen molar-refractivity contribution in [1.82, 2.24) is 0 Å². The van der Waals surface area contributed by atoms with Crippen LogP contribution in [0.3, 0.4) is 0 Å². The van der Waals surface area contributed by atoms with Gasteiger partial charge in [0.25, 0.3) is 0 Å². The molecule has 0 N–H and O–H groups in total. The second-order valence-corrected chi connectivity index (χ2v) is 4.25. The van der Waals surface area contributed by atoms with Crippen LogP contribution in [-0.4, -0.2) is 13.0 Å². The van der Waals surface area contributed by atoms with E-state index >= 15 is 0 Å². The Morgan fingerprint density at radius 3 is 2.09 bits per heavy atom. The van der Waals surface area contributed by atoms with E-state index in [4.69, 9.17) is 0 Å². The van der Waals surface area contributed by atoms with Gasteiger partial charge in [-0.1, -0.05) is 23.3 Å².